The lowest BCUT2D eigenvalue weighted by Crippen LogP contribution is -2.55. The fraction of sp³-hybridized carbons (Fsp3) is 0.429. The van der Waals surface area contributed by atoms with Crippen LogP contribution in [0.3, 0.4) is 0 Å². The lowest BCUT2D eigenvalue weighted by Gasteiger charge is -2.41. The van der Waals surface area contributed by atoms with Crippen LogP contribution in [0.5, 0.6) is 0 Å². The van der Waals surface area contributed by atoms with Crippen molar-refractivity contribution in [3.8, 4) is 0 Å². The highest BCUT2D eigenvalue weighted by molar-refractivity contribution is 6.31. The maximum atomic E-state index is 11.9. The topological polar surface area (TPSA) is 78.4 Å². The summed E-state index contributed by atoms with van der Waals surface area (Å²) in [6, 6.07) is 4.84. The molecule has 1 fully saturated rings. The Hall–Kier alpha value is -1.75. The molecule has 108 valence electrons. The summed E-state index contributed by atoms with van der Waals surface area (Å²) >= 11 is 5.99. The molecule has 2 rings (SSSR count). The second-order valence-electron chi connectivity index (χ2n) is 5.25. The zero-order valence-corrected chi connectivity index (χ0v) is 12.0. The van der Waals surface area contributed by atoms with Gasteiger partial charge in [-0.05, 0) is 43.9 Å². The van der Waals surface area contributed by atoms with E-state index >= 15 is 0 Å². The average molecular weight is 297 g/mol. The van der Waals surface area contributed by atoms with E-state index in [1.165, 1.54) is 0 Å². The maximum absolute atomic E-state index is 11.9. The summed E-state index contributed by atoms with van der Waals surface area (Å²) in [5.74, 6) is -0.900. The van der Waals surface area contributed by atoms with Gasteiger partial charge in [-0.25, -0.2) is 4.79 Å². The molecule has 1 aliphatic rings. The number of carboxylic acids is 1. The van der Waals surface area contributed by atoms with Gasteiger partial charge in [0.05, 0.1) is 12.0 Å². The summed E-state index contributed by atoms with van der Waals surface area (Å²) in [5.41, 5.74) is 0.909. The molecule has 20 heavy (non-hydrogen) atoms. The number of amides is 2. The second kappa shape index (κ2) is 5.71. The Labute approximate surface area is 122 Å². The highest BCUT2D eigenvalue weighted by Gasteiger charge is 2.40. The van der Waals surface area contributed by atoms with Gasteiger partial charge in [0.15, 0.2) is 0 Å². The minimum Gasteiger partial charge on any atom is -0.481 e. The Balaban J connectivity index is 1.97. The number of hydrogen-bond donors (Lipinski definition) is 3. The Kier molecular flexibility index (Phi) is 4.18. The van der Waals surface area contributed by atoms with Crippen molar-refractivity contribution in [3.05, 3.63) is 28.8 Å². The van der Waals surface area contributed by atoms with Gasteiger partial charge in [0.25, 0.3) is 0 Å². The summed E-state index contributed by atoms with van der Waals surface area (Å²) in [6.45, 7) is 1.88. The average Bonchev–Trinajstić information content (AvgIpc) is 2.30. The molecule has 6 heteroatoms. The number of hydrogen-bond acceptors (Lipinski definition) is 2. The van der Waals surface area contributed by atoms with E-state index in [0.29, 0.717) is 23.6 Å². The lowest BCUT2D eigenvalue weighted by atomic mass is 9.74. The van der Waals surface area contributed by atoms with Gasteiger partial charge in [-0.2, -0.15) is 0 Å². The molecule has 0 bridgehead atoms. The second-order valence-corrected chi connectivity index (χ2v) is 5.65. The van der Waals surface area contributed by atoms with Crippen molar-refractivity contribution in [1.82, 2.24) is 5.32 Å². The van der Waals surface area contributed by atoms with Crippen LogP contribution in [0.1, 0.15) is 31.2 Å². The molecule has 3 N–H and O–H groups in total. The number of nitrogens with one attached hydrogen (secondary N) is 2. The number of carbonyl (C=O) groups excluding carboxylic acids is 1. The molecular weight excluding hydrogens is 280 g/mol. The van der Waals surface area contributed by atoms with Crippen molar-refractivity contribution in [3.63, 3.8) is 0 Å². The van der Waals surface area contributed by atoms with Gasteiger partial charge >= 0.3 is 12.0 Å². The minimum absolute atomic E-state index is 0.0466. The summed E-state index contributed by atoms with van der Waals surface area (Å²) in [6.07, 6.45) is 2.28. The van der Waals surface area contributed by atoms with Crippen LogP contribution in [0.25, 0.3) is 0 Å². The first-order valence-electron chi connectivity index (χ1n) is 6.47. The quantitative estimate of drug-likeness (QED) is 0.798. The predicted molar refractivity (Wildman–Crippen MR) is 77.2 cm³/mol. The lowest BCUT2D eigenvalue weighted by molar-refractivity contribution is -0.139. The first kappa shape index (κ1) is 14.7. The molecule has 1 saturated carbocycles. The van der Waals surface area contributed by atoms with E-state index in [4.69, 9.17) is 16.7 Å². The van der Waals surface area contributed by atoms with E-state index in [-0.39, 0.29) is 6.42 Å². The van der Waals surface area contributed by atoms with Crippen molar-refractivity contribution in [2.45, 2.75) is 38.1 Å². The molecule has 5 nitrogen and oxygen atoms in total. The third kappa shape index (κ3) is 3.42. The van der Waals surface area contributed by atoms with Gasteiger partial charge in [-0.15, -0.1) is 0 Å². The largest absolute Gasteiger partial charge is 0.481 e. The zero-order chi connectivity index (χ0) is 14.8. The van der Waals surface area contributed by atoms with Crippen LogP contribution in [0, 0.1) is 6.92 Å². The smallest absolute Gasteiger partial charge is 0.319 e. The summed E-state index contributed by atoms with van der Waals surface area (Å²) in [5, 5.41) is 14.9. The van der Waals surface area contributed by atoms with E-state index in [1.807, 2.05) is 13.0 Å². The number of anilines is 1. The standard InChI is InChI=1S/C14H17ClN2O3/c1-9-3-4-10(7-11(9)15)16-13(20)17-14(5-2-6-14)8-12(18)19/h3-4,7H,2,5-6,8H2,1H3,(H,18,19)(H2,16,17,20). The monoisotopic (exact) mass is 296 g/mol. The van der Waals surface area contributed by atoms with E-state index in [1.54, 1.807) is 12.1 Å². The Bertz CT molecular complexity index is 541. The van der Waals surface area contributed by atoms with Crippen LogP contribution < -0.4 is 10.6 Å². The van der Waals surface area contributed by atoms with Crippen molar-refractivity contribution < 1.29 is 14.7 Å². The third-order valence-corrected chi connectivity index (χ3v) is 4.02. The number of aryl methyl sites for hydroxylation is 1. The normalized spacial score (nSPS) is 16.1. The van der Waals surface area contributed by atoms with E-state index < -0.39 is 17.5 Å². The van der Waals surface area contributed by atoms with Gasteiger partial charge in [0, 0.05) is 10.7 Å². The van der Waals surface area contributed by atoms with Crippen LogP contribution in [0.2, 0.25) is 5.02 Å². The van der Waals surface area contributed by atoms with Crippen molar-refractivity contribution >= 4 is 29.3 Å². The molecule has 0 atom stereocenters. The van der Waals surface area contributed by atoms with E-state index in [9.17, 15) is 9.59 Å². The Morgan fingerprint density at radius 1 is 1.40 bits per heavy atom. The molecule has 0 radical (unpaired) electrons. The molecule has 0 saturated heterocycles. The predicted octanol–water partition coefficient (Wildman–Crippen LogP) is 3.17. The Morgan fingerprint density at radius 3 is 2.60 bits per heavy atom. The zero-order valence-electron chi connectivity index (χ0n) is 11.2. The van der Waals surface area contributed by atoms with Crippen molar-refractivity contribution in [2.75, 3.05) is 5.32 Å². The van der Waals surface area contributed by atoms with Crippen LogP contribution >= 0.6 is 11.6 Å². The molecule has 2 amide bonds. The summed E-state index contributed by atoms with van der Waals surface area (Å²) in [4.78, 5) is 22.8. The number of carbonyl (C=O) groups is 2. The van der Waals surface area contributed by atoms with E-state index in [2.05, 4.69) is 10.6 Å². The fourth-order valence-corrected chi connectivity index (χ4v) is 2.49. The maximum Gasteiger partial charge on any atom is 0.319 e. The molecule has 1 aliphatic carbocycles. The first-order valence-corrected chi connectivity index (χ1v) is 6.85. The SMILES string of the molecule is Cc1ccc(NC(=O)NC2(CC(=O)O)CCC2)cc1Cl. The molecule has 0 aliphatic heterocycles. The molecule has 0 heterocycles. The molecule has 0 aromatic heterocycles. The molecule has 1 aromatic carbocycles. The van der Waals surface area contributed by atoms with Gasteiger partial charge in [0.2, 0.25) is 0 Å². The number of urea groups is 1. The van der Waals surface area contributed by atoms with Gasteiger partial charge in [0.1, 0.15) is 0 Å². The number of rotatable bonds is 4. The van der Waals surface area contributed by atoms with Crippen molar-refractivity contribution in [2.24, 2.45) is 0 Å². The van der Waals surface area contributed by atoms with Crippen LogP contribution in [-0.2, 0) is 4.79 Å². The summed E-state index contributed by atoms with van der Waals surface area (Å²) < 4.78 is 0. The number of carboxylic acid groups (broad SMARTS) is 1. The number of aliphatic carboxylic acids is 1. The number of halogens is 1. The molecular formula is C14H17ClN2O3. The van der Waals surface area contributed by atoms with Crippen LogP contribution in [0.4, 0.5) is 10.5 Å². The Morgan fingerprint density at radius 2 is 2.10 bits per heavy atom. The molecule has 0 unspecified atom stereocenters. The fourth-order valence-electron chi connectivity index (χ4n) is 2.31. The minimum atomic E-state index is -0.900. The van der Waals surface area contributed by atoms with Crippen LogP contribution in [-0.4, -0.2) is 22.6 Å². The van der Waals surface area contributed by atoms with Gasteiger partial charge in [-0.1, -0.05) is 17.7 Å². The first-order chi connectivity index (χ1) is 9.40. The van der Waals surface area contributed by atoms with Gasteiger partial charge in [-0.3, -0.25) is 4.79 Å². The molecule has 0 spiro atoms. The van der Waals surface area contributed by atoms with E-state index in [0.717, 1.165) is 12.0 Å². The van der Waals surface area contributed by atoms with Crippen LogP contribution in [0.15, 0.2) is 18.2 Å². The highest BCUT2D eigenvalue weighted by Crippen LogP contribution is 2.35. The van der Waals surface area contributed by atoms with Crippen molar-refractivity contribution in [1.29, 1.82) is 0 Å². The highest BCUT2D eigenvalue weighted by atomic mass is 35.5. The number of benzene rings is 1. The summed E-state index contributed by atoms with van der Waals surface area (Å²) in [7, 11) is 0. The van der Waals surface area contributed by atoms with Gasteiger partial charge < -0.3 is 15.7 Å². The third-order valence-electron chi connectivity index (χ3n) is 3.61. The molecule has 1 aromatic rings.